The second kappa shape index (κ2) is 46.2. The maximum absolute atomic E-state index is 14.2. The maximum atomic E-state index is 14.2. The van der Waals surface area contributed by atoms with Crippen molar-refractivity contribution < 1.29 is 103 Å². The lowest BCUT2D eigenvalue weighted by molar-refractivity contribution is -0.141. The van der Waals surface area contributed by atoms with E-state index in [2.05, 4.69) is 169 Å². The Balaban J connectivity index is 0.819. The van der Waals surface area contributed by atoms with Gasteiger partial charge in [-0.05, 0) is 177 Å². The molecule has 3 aliphatic rings. The number of nitrogens with zero attached hydrogens (tertiary/aromatic N) is 1. The summed E-state index contributed by atoms with van der Waals surface area (Å²) in [5, 5.41) is 76.5. The highest BCUT2D eigenvalue weighted by atomic mass is 16.4. The number of aliphatic carboxylic acids is 6. The van der Waals surface area contributed by atoms with Crippen LogP contribution >= 0.6 is 0 Å². The summed E-state index contributed by atoms with van der Waals surface area (Å²) >= 11 is 0. The molecule has 119 heavy (non-hydrogen) atoms. The number of fused-ring (bicyclic) bond motifs is 6. The van der Waals surface area contributed by atoms with E-state index in [1.54, 1.807) is 0 Å². The fourth-order valence-electron chi connectivity index (χ4n) is 16.7. The normalized spacial score (nSPS) is 17.2. The fraction of sp³-hybridized carbons (Fsp3) is 0.527. The number of hydrogen-bond acceptors (Lipinski definition) is 16. The van der Waals surface area contributed by atoms with E-state index in [4.69, 9.17) is 5.11 Å². The lowest BCUT2D eigenvalue weighted by Crippen LogP contribution is -2.51. The highest BCUT2D eigenvalue weighted by molar-refractivity contribution is 5.99. The van der Waals surface area contributed by atoms with E-state index in [1.165, 1.54) is 67.7 Å². The molecular formula is C91H119N7O21. The van der Waals surface area contributed by atoms with Gasteiger partial charge in [-0.3, -0.25) is 57.5 Å². The van der Waals surface area contributed by atoms with Crippen molar-refractivity contribution in [1.29, 1.82) is 0 Å². The predicted octanol–water partition coefficient (Wildman–Crippen LogP) is 12.7. The van der Waals surface area contributed by atoms with Crippen molar-refractivity contribution in [3.63, 3.8) is 0 Å². The zero-order chi connectivity index (χ0) is 87.1. The number of hydrogen-bond donors (Lipinski definition) is 12. The van der Waals surface area contributed by atoms with Gasteiger partial charge in [-0.15, -0.1) is 0 Å². The van der Waals surface area contributed by atoms with Crippen LogP contribution in [0.2, 0.25) is 0 Å². The number of carbonyl (C=O) groups excluding carboxylic acids is 9. The fourth-order valence-corrected chi connectivity index (χ4v) is 16.7. The molecule has 12 N–H and O–H groups in total. The summed E-state index contributed by atoms with van der Waals surface area (Å²) in [5.41, 5.74) is 8.46. The summed E-state index contributed by atoms with van der Waals surface area (Å²) in [6.45, 7) is 11.0. The molecule has 7 rings (SSSR count). The van der Waals surface area contributed by atoms with Crippen molar-refractivity contribution in [2.75, 3.05) is 25.0 Å². The number of likely N-dealkylation sites (N-methyl/N-ethyl adjacent to an activating group) is 1. The lowest BCUT2D eigenvalue weighted by atomic mass is 9.79. The van der Waals surface area contributed by atoms with Gasteiger partial charge in [0.05, 0.1) is 12.1 Å². The van der Waals surface area contributed by atoms with Gasteiger partial charge in [0.2, 0.25) is 23.6 Å². The van der Waals surface area contributed by atoms with Crippen LogP contribution in [0, 0.1) is 23.7 Å². The number of ketones is 4. The minimum Gasteiger partial charge on any atom is -0.481 e. The van der Waals surface area contributed by atoms with Crippen LogP contribution in [-0.2, 0) is 78.0 Å². The molecule has 1 aliphatic heterocycles. The van der Waals surface area contributed by atoms with Crippen LogP contribution in [0.1, 0.15) is 244 Å². The van der Waals surface area contributed by atoms with E-state index in [1.807, 2.05) is 5.32 Å². The molecule has 28 heteroatoms. The lowest BCUT2D eigenvalue weighted by Gasteiger charge is -2.28. The number of urea groups is 1. The molecule has 0 spiro atoms. The van der Waals surface area contributed by atoms with E-state index in [0.717, 1.165) is 25.7 Å². The third kappa shape index (κ3) is 28.8. The largest absolute Gasteiger partial charge is 0.481 e. The summed E-state index contributed by atoms with van der Waals surface area (Å²) < 4.78 is 0. The van der Waals surface area contributed by atoms with Crippen LogP contribution in [0.4, 0.5) is 10.5 Å². The van der Waals surface area contributed by atoms with Crippen molar-refractivity contribution in [2.45, 2.75) is 262 Å². The number of Topliss-reactive ketones (excluding diaryl/α,β-unsaturated/α-hetero) is 4. The Labute approximate surface area is 694 Å². The van der Waals surface area contributed by atoms with Crippen LogP contribution in [0.15, 0.2) is 114 Å². The zero-order valence-electron chi connectivity index (χ0n) is 69.3. The van der Waals surface area contributed by atoms with Crippen molar-refractivity contribution >= 4 is 121 Å². The summed E-state index contributed by atoms with van der Waals surface area (Å²) in [5.74, 6) is -15.0. The summed E-state index contributed by atoms with van der Waals surface area (Å²) in [6, 6.07) is 19.2. The van der Waals surface area contributed by atoms with Crippen molar-refractivity contribution in [1.82, 2.24) is 31.9 Å². The first-order valence-electron chi connectivity index (χ1n) is 41.8. The van der Waals surface area contributed by atoms with E-state index < -0.39 is 158 Å². The highest BCUT2D eigenvalue weighted by Gasteiger charge is 2.41. The minimum atomic E-state index is -1.59. The molecule has 1 fully saturated rings. The van der Waals surface area contributed by atoms with Crippen molar-refractivity contribution in [2.24, 2.45) is 23.7 Å². The molecule has 2 aliphatic carbocycles. The molecule has 0 radical (unpaired) electrons. The molecule has 4 aromatic rings. The van der Waals surface area contributed by atoms with Gasteiger partial charge in [-0.1, -0.05) is 144 Å². The Morgan fingerprint density at radius 3 is 1.62 bits per heavy atom. The van der Waals surface area contributed by atoms with E-state index in [9.17, 15) is 97.5 Å². The van der Waals surface area contributed by atoms with Crippen LogP contribution in [0.25, 0.3) is 27.1 Å². The Hall–Kier alpha value is -11.2. The summed E-state index contributed by atoms with van der Waals surface area (Å²) in [6.07, 6.45) is 14.4. The van der Waals surface area contributed by atoms with Gasteiger partial charge in [0.1, 0.15) is 23.7 Å². The quantitative estimate of drug-likeness (QED) is 0.0144. The number of anilines is 1. The van der Waals surface area contributed by atoms with Gasteiger partial charge >= 0.3 is 41.8 Å². The molecule has 1 saturated carbocycles. The summed E-state index contributed by atoms with van der Waals surface area (Å²) in [7, 11) is 2.14. The third-order valence-electron chi connectivity index (χ3n) is 23.4. The van der Waals surface area contributed by atoms with Gasteiger partial charge in [-0.2, -0.15) is 0 Å². The molecule has 0 aromatic heterocycles. The zero-order valence-corrected chi connectivity index (χ0v) is 69.3. The number of nitrogens with one attached hydrogen (secondary N) is 6. The average Bonchev–Trinajstić information content (AvgIpc) is 1.58. The number of carboxylic acids is 6. The Bertz CT molecular complexity index is 4490. The number of benzene rings is 4. The molecule has 28 nitrogen and oxygen atoms in total. The molecule has 6 atom stereocenters. The molecule has 6 unspecified atom stereocenters. The van der Waals surface area contributed by atoms with Gasteiger partial charge in [0, 0.05) is 124 Å². The number of carboxylic acid groups (broad SMARTS) is 6. The molecule has 1 heterocycles. The predicted molar refractivity (Wildman–Crippen MR) is 449 cm³/mol. The van der Waals surface area contributed by atoms with Crippen molar-refractivity contribution in [3.05, 3.63) is 131 Å². The Kier molecular flexibility index (Phi) is 36.9. The van der Waals surface area contributed by atoms with Crippen LogP contribution in [0.3, 0.4) is 0 Å². The number of amides is 6. The molecule has 6 amide bonds. The standard InChI is InChI=1S/C91H119N7O21/c1-56(99)69(31-15-8-12-26-63(100)25-11-7-13-29-66-67-42-38-58-23-18-20-27-64(58)83(67)90(2,3)68(66)30-14-9-16-32-76-91(4,5)84-65-28-21-19-24-59(65)39-46-73(84)98(76)6)95-86(114)62(41-49-80(107)108)54-74(101)61(40-48-79(105)106)53-75(102)70(44-50-81(109)110)94-78(104)33-17-10-22-52-92-85(113)60-36-34-57(35-37-60)55-93-77(103)47-43-71(87(115)116)96-89(119)97-72(88(117)118)45-51-82(111)112/h9,14,16,18-21,23-24,27-28,30,32,38-39,42,46,57,60-62,69-72H,7-8,10-13,15,17,22,25-26,29,31,33-37,40-41,43-45,47-55H2,1-6H3,(H,92,113)(H,93,103)(H,94,104)(H,95,114)(H,105,106)(H,107,108)(H,109,110)(H,111,112)(H,115,116)(H,117,118)(H2,96,97,119)/b16-9+,30-14+,76-32+. The second-order valence-corrected chi connectivity index (χ2v) is 32.9. The van der Waals surface area contributed by atoms with Crippen LogP contribution in [0.5, 0.6) is 0 Å². The number of allylic oxidation sites excluding steroid dienone is 8. The summed E-state index contributed by atoms with van der Waals surface area (Å²) in [4.78, 5) is 192. The topological polar surface area (TPSA) is 453 Å². The van der Waals surface area contributed by atoms with Crippen LogP contribution < -0.4 is 36.8 Å². The minimum absolute atomic E-state index is 0.0232. The average molecular weight is 1650 g/mol. The SMILES string of the molecule is CC(=O)C(CCCCCC(=O)CCCCCC1=C(/C=C/C=C/C=C2/N(C)c3ccc4ccccc4c3C2(C)C)C(C)(C)c2c1ccc1ccccc21)NC(=O)C(CCC(=O)O)CC(=O)C(CCC(=O)O)CC(=O)C(CCC(=O)O)NC(=O)CCCCCNC(=O)C1CCC(CNC(=O)CCC(NC(=O)NC(CCC(=O)O)C(=O)O)C(=O)O)CC1. The van der Waals surface area contributed by atoms with E-state index >= 15 is 0 Å². The van der Waals surface area contributed by atoms with Gasteiger partial charge < -0.3 is 67.4 Å². The molecule has 4 aromatic carbocycles. The molecular weight excluding hydrogens is 1530 g/mol. The Morgan fingerprint density at radius 2 is 1.02 bits per heavy atom. The first-order valence-corrected chi connectivity index (χ1v) is 41.8. The molecule has 0 saturated heterocycles. The number of unbranched alkanes of at least 4 members (excludes halogenated alkanes) is 6. The smallest absolute Gasteiger partial charge is 0.326 e. The van der Waals surface area contributed by atoms with Gasteiger partial charge in [-0.25, -0.2) is 14.4 Å². The number of rotatable bonds is 53. The van der Waals surface area contributed by atoms with Crippen LogP contribution in [-0.4, -0.2) is 164 Å². The number of carbonyl (C=O) groups is 15. The third-order valence-corrected chi connectivity index (χ3v) is 23.4. The second-order valence-electron chi connectivity index (χ2n) is 32.9. The van der Waals surface area contributed by atoms with E-state index in [-0.39, 0.29) is 92.4 Å². The van der Waals surface area contributed by atoms with Gasteiger partial charge in [0.25, 0.3) is 0 Å². The maximum Gasteiger partial charge on any atom is 0.326 e. The van der Waals surface area contributed by atoms with Crippen molar-refractivity contribution in [3.8, 4) is 0 Å². The van der Waals surface area contributed by atoms with Gasteiger partial charge in [0.15, 0.2) is 11.6 Å². The Morgan fingerprint density at radius 1 is 0.479 bits per heavy atom. The first kappa shape index (κ1) is 95.0. The monoisotopic (exact) mass is 1650 g/mol. The first-order chi connectivity index (χ1) is 56.6. The molecule has 644 valence electrons. The van der Waals surface area contributed by atoms with E-state index in [0.29, 0.717) is 77.0 Å². The molecule has 0 bridgehead atoms. The highest BCUT2D eigenvalue weighted by Crippen LogP contribution is 2.52.